The Bertz CT molecular complexity index is 1110. The minimum atomic E-state index is 1.30. The molecule has 3 aromatic carbocycles. The number of fused-ring (bicyclic) bond motifs is 2. The Morgan fingerprint density at radius 3 is 1.32 bits per heavy atom. The van der Waals surface area contributed by atoms with Gasteiger partial charge in [0.15, 0.2) is 0 Å². The minimum absolute atomic E-state index is 1.30. The first-order valence-corrected chi connectivity index (χ1v) is 12.5. The number of hydrogen-bond acceptors (Lipinski definition) is 4. The minimum Gasteiger partial charge on any atom is -0.143 e. The summed E-state index contributed by atoms with van der Waals surface area (Å²) in [5.74, 6) is 0. The van der Waals surface area contributed by atoms with E-state index in [1.54, 1.807) is 0 Å². The second-order valence-electron chi connectivity index (χ2n) is 6.82. The van der Waals surface area contributed by atoms with Crippen molar-refractivity contribution in [3.63, 3.8) is 0 Å². The van der Waals surface area contributed by atoms with Crippen LogP contribution in [0.5, 0.6) is 0 Å². The van der Waals surface area contributed by atoms with Crippen LogP contribution in [0.2, 0.25) is 0 Å². The molecule has 0 aliphatic carbocycles. The van der Waals surface area contributed by atoms with Gasteiger partial charge in [0.05, 0.1) is 9.40 Å². The normalized spacial score (nSPS) is 11.5. The predicted molar refractivity (Wildman–Crippen MR) is 128 cm³/mol. The van der Waals surface area contributed by atoms with Gasteiger partial charge in [0.25, 0.3) is 0 Å². The van der Waals surface area contributed by atoms with Crippen molar-refractivity contribution in [3.8, 4) is 0 Å². The van der Waals surface area contributed by atoms with Crippen molar-refractivity contribution in [2.45, 2.75) is 33.4 Å². The highest BCUT2D eigenvalue weighted by atomic mass is 32.2. The average Bonchev–Trinajstić information content (AvgIpc) is 3.37. The van der Waals surface area contributed by atoms with E-state index in [-0.39, 0.29) is 0 Å². The van der Waals surface area contributed by atoms with Crippen LogP contribution in [-0.2, 0) is 0 Å². The monoisotopic (exact) mass is 434 g/mol. The van der Waals surface area contributed by atoms with Crippen LogP contribution in [0.1, 0.15) is 11.1 Å². The van der Waals surface area contributed by atoms with Gasteiger partial charge in [0.1, 0.15) is 0 Å². The number of benzene rings is 3. The van der Waals surface area contributed by atoms with Crippen LogP contribution >= 0.6 is 46.2 Å². The molecular weight excluding hydrogens is 417 g/mol. The lowest BCUT2D eigenvalue weighted by molar-refractivity contribution is 1.37. The van der Waals surface area contributed by atoms with Crippen molar-refractivity contribution >= 4 is 66.4 Å². The highest BCUT2D eigenvalue weighted by Gasteiger charge is 2.18. The molecule has 0 fully saturated rings. The Kier molecular flexibility index (Phi) is 4.97. The molecular formula is C24H18S4. The summed E-state index contributed by atoms with van der Waals surface area (Å²) in [6.45, 7) is 4.28. The molecule has 2 aromatic heterocycles. The van der Waals surface area contributed by atoms with Crippen molar-refractivity contribution in [1.29, 1.82) is 0 Å². The van der Waals surface area contributed by atoms with E-state index in [9.17, 15) is 0 Å². The van der Waals surface area contributed by atoms with Crippen LogP contribution in [0, 0.1) is 13.8 Å². The summed E-state index contributed by atoms with van der Waals surface area (Å²) in [4.78, 5) is 5.37. The van der Waals surface area contributed by atoms with Gasteiger partial charge >= 0.3 is 0 Å². The van der Waals surface area contributed by atoms with Gasteiger partial charge in [-0.15, -0.1) is 22.7 Å². The molecule has 0 saturated heterocycles. The summed E-state index contributed by atoms with van der Waals surface area (Å²) in [6, 6.07) is 22.3. The molecule has 138 valence electrons. The molecule has 0 bridgehead atoms. The first kappa shape index (κ1) is 18.3. The van der Waals surface area contributed by atoms with E-state index in [1.807, 2.05) is 46.2 Å². The molecule has 0 spiro atoms. The Morgan fingerprint density at radius 1 is 0.536 bits per heavy atom. The van der Waals surface area contributed by atoms with E-state index in [1.165, 1.54) is 50.9 Å². The molecule has 0 atom stereocenters. The molecule has 0 amide bonds. The molecule has 4 heteroatoms. The van der Waals surface area contributed by atoms with E-state index in [0.29, 0.717) is 0 Å². The molecule has 0 saturated carbocycles. The second kappa shape index (κ2) is 7.60. The Balaban J connectivity index is 1.66. The molecule has 5 rings (SSSR count). The first-order valence-electron chi connectivity index (χ1n) is 9.08. The highest BCUT2D eigenvalue weighted by Crippen LogP contribution is 2.49. The van der Waals surface area contributed by atoms with Gasteiger partial charge in [-0.25, -0.2) is 0 Å². The maximum absolute atomic E-state index is 2.29. The summed E-state index contributed by atoms with van der Waals surface area (Å²) < 4.78 is 2.79. The Morgan fingerprint density at radius 2 is 0.929 bits per heavy atom. The van der Waals surface area contributed by atoms with Crippen molar-refractivity contribution < 1.29 is 0 Å². The standard InChI is InChI=1S/C24H18S4/c1-15-3-7-17(8-4-15)27-23-19-11-13-26-22(19)24(20-12-14-25-21(20)23)28-18-9-5-16(2)6-10-18/h3-14H,1-2H3. The van der Waals surface area contributed by atoms with E-state index in [4.69, 9.17) is 0 Å². The van der Waals surface area contributed by atoms with Crippen LogP contribution in [0.3, 0.4) is 0 Å². The molecule has 0 aliphatic heterocycles. The van der Waals surface area contributed by atoms with Gasteiger partial charge in [-0.1, -0.05) is 58.9 Å². The SMILES string of the molecule is Cc1ccc(Sc2c3ccsc3c(Sc3ccc(C)cc3)c3ccsc23)cc1. The number of rotatable bonds is 4. The third-order valence-electron chi connectivity index (χ3n) is 4.71. The Hall–Kier alpha value is -1.72. The quantitative estimate of drug-likeness (QED) is 0.277. The zero-order valence-electron chi connectivity index (χ0n) is 15.6. The fraction of sp³-hybridized carbons (Fsp3) is 0.0833. The van der Waals surface area contributed by atoms with E-state index < -0.39 is 0 Å². The van der Waals surface area contributed by atoms with Gasteiger partial charge in [0, 0.05) is 30.4 Å². The maximum atomic E-state index is 2.29. The van der Waals surface area contributed by atoms with Gasteiger partial charge in [-0.05, 0) is 61.0 Å². The zero-order valence-corrected chi connectivity index (χ0v) is 18.8. The van der Waals surface area contributed by atoms with Gasteiger partial charge in [0.2, 0.25) is 0 Å². The molecule has 0 N–H and O–H groups in total. The van der Waals surface area contributed by atoms with E-state index in [0.717, 1.165) is 0 Å². The fourth-order valence-corrected chi connectivity index (χ4v) is 7.58. The Labute approximate surface area is 181 Å². The van der Waals surface area contributed by atoms with Crippen molar-refractivity contribution in [2.75, 3.05) is 0 Å². The summed E-state index contributed by atoms with van der Waals surface area (Å²) in [5, 5.41) is 7.21. The van der Waals surface area contributed by atoms with Crippen LogP contribution in [0.25, 0.3) is 20.2 Å². The van der Waals surface area contributed by atoms with Crippen molar-refractivity contribution in [2.24, 2.45) is 0 Å². The molecule has 0 radical (unpaired) electrons. The summed E-state index contributed by atoms with van der Waals surface area (Å²) in [6.07, 6.45) is 0. The molecule has 2 heterocycles. The van der Waals surface area contributed by atoms with E-state index in [2.05, 4.69) is 85.3 Å². The molecule has 5 aromatic rings. The predicted octanol–water partition coefficient (Wildman–Crippen LogP) is 9.04. The number of aryl methyl sites for hydroxylation is 2. The first-order chi connectivity index (χ1) is 13.7. The molecule has 28 heavy (non-hydrogen) atoms. The van der Waals surface area contributed by atoms with Crippen molar-refractivity contribution in [1.82, 2.24) is 0 Å². The van der Waals surface area contributed by atoms with Crippen LogP contribution in [0.4, 0.5) is 0 Å². The molecule has 0 aliphatic rings. The second-order valence-corrected chi connectivity index (χ2v) is 10.8. The molecule has 0 unspecified atom stereocenters. The van der Waals surface area contributed by atoms with Crippen LogP contribution < -0.4 is 0 Å². The van der Waals surface area contributed by atoms with Crippen molar-refractivity contribution in [3.05, 3.63) is 82.6 Å². The van der Waals surface area contributed by atoms with Gasteiger partial charge in [-0.3, -0.25) is 0 Å². The average molecular weight is 435 g/mol. The third-order valence-corrected chi connectivity index (χ3v) is 9.11. The van der Waals surface area contributed by atoms with E-state index >= 15 is 0 Å². The number of thiophene rings is 2. The largest absolute Gasteiger partial charge is 0.143 e. The summed E-state index contributed by atoms with van der Waals surface area (Å²) >= 11 is 7.48. The van der Waals surface area contributed by atoms with Crippen LogP contribution in [-0.4, -0.2) is 0 Å². The number of hydrogen-bond donors (Lipinski definition) is 0. The summed E-state index contributed by atoms with van der Waals surface area (Å²) in [5.41, 5.74) is 2.60. The molecule has 0 nitrogen and oxygen atoms in total. The highest BCUT2D eigenvalue weighted by molar-refractivity contribution is 8.00. The van der Waals surface area contributed by atoms with Gasteiger partial charge < -0.3 is 0 Å². The lowest BCUT2D eigenvalue weighted by Crippen LogP contribution is -1.82. The maximum Gasteiger partial charge on any atom is 0.0500 e. The topological polar surface area (TPSA) is 0 Å². The lowest BCUT2D eigenvalue weighted by Gasteiger charge is -2.11. The smallest absolute Gasteiger partial charge is 0.0500 e. The fourth-order valence-electron chi connectivity index (χ4n) is 3.22. The van der Waals surface area contributed by atoms with Crippen LogP contribution in [0.15, 0.2) is 91.0 Å². The third kappa shape index (κ3) is 3.39. The lowest BCUT2D eigenvalue weighted by atomic mass is 10.2. The zero-order chi connectivity index (χ0) is 19.1. The summed E-state index contributed by atoms with van der Waals surface area (Å²) in [7, 11) is 0. The van der Waals surface area contributed by atoms with Gasteiger partial charge in [-0.2, -0.15) is 0 Å².